The molecule has 1 rings (SSSR count). The van der Waals surface area contributed by atoms with Crippen molar-refractivity contribution >= 4 is 28.6 Å². The first-order chi connectivity index (χ1) is 4.74. The third kappa shape index (κ3) is 1.32. The van der Waals surface area contributed by atoms with Crippen molar-refractivity contribution in [2.75, 3.05) is 5.73 Å². The van der Waals surface area contributed by atoms with Gasteiger partial charge in [-0.15, -0.1) is 11.3 Å². The molecule has 0 atom stereocenters. The molecule has 0 amide bonds. The molecule has 0 aliphatic heterocycles. The van der Waals surface area contributed by atoms with E-state index in [4.69, 9.17) is 23.2 Å². The molecule has 0 aliphatic rings. The highest BCUT2D eigenvalue weighted by Crippen LogP contribution is 2.16. The standard InChI is InChI=1S/C6H4N2S2/c7-3-4-1-2-5(9)10-6(4)8/h1-2H,8H2. The molecule has 0 spiro atoms. The topological polar surface area (TPSA) is 49.8 Å². The molecule has 0 bridgehead atoms. The van der Waals surface area contributed by atoms with Crippen molar-refractivity contribution in [3.63, 3.8) is 0 Å². The van der Waals surface area contributed by atoms with Crippen molar-refractivity contribution in [1.29, 1.82) is 5.26 Å². The second-order valence-corrected chi connectivity index (χ2v) is 3.43. The lowest BCUT2D eigenvalue weighted by Gasteiger charge is -1.91. The Morgan fingerprint density at radius 2 is 2.30 bits per heavy atom. The number of hydrogen-bond acceptors (Lipinski definition) is 4. The maximum absolute atomic E-state index is 8.45. The Labute approximate surface area is 67.5 Å². The molecule has 0 unspecified atom stereocenters. The van der Waals surface area contributed by atoms with Crippen LogP contribution in [0.1, 0.15) is 5.56 Å². The number of nitrogens with zero attached hydrogens (tertiary/aromatic N) is 1. The summed E-state index contributed by atoms with van der Waals surface area (Å²) in [5.74, 6) is 0. The van der Waals surface area contributed by atoms with Gasteiger partial charge in [-0.25, -0.2) is 0 Å². The van der Waals surface area contributed by atoms with Crippen LogP contribution in [0.2, 0.25) is 0 Å². The first kappa shape index (κ1) is 7.19. The molecule has 1 heterocycles. The van der Waals surface area contributed by atoms with Crippen molar-refractivity contribution in [1.82, 2.24) is 0 Å². The zero-order valence-electron chi connectivity index (χ0n) is 5.00. The molecule has 2 N–H and O–H groups in total. The molecule has 2 nitrogen and oxygen atoms in total. The van der Waals surface area contributed by atoms with Gasteiger partial charge in [0.05, 0.1) is 9.39 Å². The van der Waals surface area contributed by atoms with Crippen LogP contribution in [-0.4, -0.2) is 0 Å². The van der Waals surface area contributed by atoms with Crippen LogP contribution in [-0.2, 0) is 0 Å². The summed E-state index contributed by atoms with van der Waals surface area (Å²) < 4.78 is 0.705. The smallest absolute Gasteiger partial charge is 0.105 e. The summed E-state index contributed by atoms with van der Waals surface area (Å²) in [4.78, 5) is 0. The molecule has 0 saturated heterocycles. The molecule has 10 heavy (non-hydrogen) atoms. The molecule has 0 saturated carbocycles. The van der Waals surface area contributed by atoms with Crippen molar-refractivity contribution in [3.8, 4) is 6.07 Å². The van der Waals surface area contributed by atoms with E-state index < -0.39 is 0 Å². The third-order valence-electron chi connectivity index (χ3n) is 0.983. The maximum atomic E-state index is 8.45. The van der Waals surface area contributed by atoms with Crippen LogP contribution < -0.4 is 5.73 Å². The van der Waals surface area contributed by atoms with Crippen molar-refractivity contribution < 1.29 is 0 Å². The molecule has 0 radical (unpaired) electrons. The fourth-order valence-corrected chi connectivity index (χ4v) is 1.44. The predicted molar refractivity (Wildman–Crippen MR) is 44.3 cm³/mol. The van der Waals surface area contributed by atoms with Crippen molar-refractivity contribution in [3.05, 3.63) is 21.5 Å². The Kier molecular flexibility index (Phi) is 2.00. The van der Waals surface area contributed by atoms with E-state index in [9.17, 15) is 0 Å². The number of nitrogen functional groups attached to an aromatic ring is 1. The Morgan fingerprint density at radius 3 is 2.80 bits per heavy atom. The van der Waals surface area contributed by atoms with Crippen molar-refractivity contribution in [2.24, 2.45) is 0 Å². The SMILES string of the molecule is N#Cc1ccc(=S)sc1N. The minimum Gasteiger partial charge on any atom is -0.389 e. The van der Waals surface area contributed by atoms with Gasteiger partial charge in [0.2, 0.25) is 0 Å². The molecule has 50 valence electrons. The van der Waals surface area contributed by atoms with Gasteiger partial charge in [-0.1, -0.05) is 12.2 Å². The van der Waals surface area contributed by atoms with Crippen LogP contribution in [0.5, 0.6) is 0 Å². The molecule has 0 aliphatic carbocycles. The van der Waals surface area contributed by atoms with E-state index in [1.54, 1.807) is 12.1 Å². The van der Waals surface area contributed by atoms with Crippen LogP contribution in [0, 0.1) is 15.2 Å². The first-order valence-electron chi connectivity index (χ1n) is 2.54. The summed E-state index contributed by atoms with van der Waals surface area (Å²) in [6.07, 6.45) is 0. The fourth-order valence-electron chi connectivity index (χ4n) is 0.523. The minimum atomic E-state index is 0.495. The number of hydrogen-bond donors (Lipinski definition) is 1. The normalized spacial score (nSPS) is 8.70. The Bertz CT molecular complexity index is 334. The summed E-state index contributed by atoms with van der Waals surface area (Å²) in [5.41, 5.74) is 5.96. The number of anilines is 1. The molecular formula is C6H4N2S2. The van der Waals surface area contributed by atoms with Gasteiger partial charge in [0.15, 0.2) is 0 Å². The zero-order valence-corrected chi connectivity index (χ0v) is 6.63. The van der Waals surface area contributed by atoms with Crippen LogP contribution in [0.15, 0.2) is 12.1 Å². The highest BCUT2D eigenvalue weighted by atomic mass is 32.1. The quantitative estimate of drug-likeness (QED) is 0.602. The molecule has 4 heteroatoms. The monoisotopic (exact) mass is 168 g/mol. The van der Waals surface area contributed by atoms with Gasteiger partial charge in [0.1, 0.15) is 11.1 Å². The minimum absolute atomic E-state index is 0.495. The third-order valence-corrected chi connectivity index (χ3v) is 2.15. The summed E-state index contributed by atoms with van der Waals surface area (Å²) in [6.45, 7) is 0. The zero-order chi connectivity index (χ0) is 7.56. The highest BCUT2D eigenvalue weighted by Gasteiger charge is 1.94. The molecule has 1 aromatic rings. The lowest BCUT2D eigenvalue weighted by atomic mass is 10.3. The summed E-state index contributed by atoms with van der Waals surface area (Å²) in [6, 6.07) is 5.30. The second kappa shape index (κ2) is 2.78. The van der Waals surface area contributed by atoms with E-state index in [-0.39, 0.29) is 0 Å². The Balaban J connectivity index is 3.37. The van der Waals surface area contributed by atoms with E-state index in [0.29, 0.717) is 14.4 Å². The fraction of sp³-hybridized carbons (Fsp3) is 0. The molecule has 1 aromatic heterocycles. The number of nitrogens with two attached hydrogens (primary N) is 1. The lowest BCUT2D eigenvalue weighted by Crippen LogP contribution is -1.85. The Hall–Kier alpha value is -0.920. The largest absolute Gasteiger partial charge is 0.389 e. The number of nitriles is 1. The van der Waals surface area contributed by atoms with Gasteiger partial charge in [-0.2, -0.15) is 5.26 Å². The summed E-state index contributed by atoms with van der Waals surface area (Å²) in [5, 5.41) is 8.95. The van der Waals surface area contributed by atoms with E-state index in [0.717, 1.165) is 0 Å². The van der Waals surface area contributed by atoms with E-state index in [2.05, 4.69) is 0 Å². The van der Waals surface area contributed by atoms with E-state index in [1.165, 1.54) is 11.3 Å². The van der Waals surface area contributed by atoms with Crippen LogP contribution in [0.4, 0.5) is 5.00 Å². The maximum Gasteiger partial charge on any atom is 0.105 e. The van der Waals surface area contributed by atoms with Crippen LogP contribution in [0.3, 0.4) is 0 Å². The highest BCUT2D eigenvalue weighted by molar-refractivity contribution is 7.73. The summed E-state index contributed by atoms with van der Waals surface area (Å²) in [7, 11) is 0. The Morgan fingerprint density at radius 1 is 1.60 bits per heavy atom. The predicted octanol–water partition coefficient (Wildman–Crippen LogP) is 1.93. The molecular weight excluding hydrogens is 164 g/mol. The second-order valence-electron chi connectivity index (χ2n) is 1.64. The molecule has 0 aromatic carbocycles. The van der Waals surface area contributed by atoms with Gasteiger partial charge in [-0.3, -0.25) is 0 Å². The van der Waals surface area contributed by atoms with Gasteiger partial charge >= 0.3 is 0 Å². The van der Waals surface area contributed by atoms with Gasteiger partial charge in [0, 0.05) is 0 Å². The first-order valence-corrected chi connectivity index (χ1v) is 3.76. The van der Waals surface area contributed by atoms with E-state index in [1.807, 2.05) is 6.07 Å². The van der Waals surface area contributed by atoms with Crippen LogP contribution >= 0.6 is 23.6 Å². The van der Waals surface area contributed by atoms with E-state index >= 15 is 0 Å². The van der Waals surface area contributed by atoms with Gasteiger partial charge in [-0.05, 0) is 12.1 Å². The van der Waals surface area contributed by atoms with Crippen molar-refractivity contribution in [2.45, 2.75) is 0 Å². The summed E-state index contributed by atoms with van der Waals surface area (Å²) >= 11 is 6.09. The average Bonchev–Trinajstić information content (AvgIpc) is 1.88. The van der Waals surface area contributed by atoms with Crippen LogP contribution in [0.25, 0.3) is 0 Å². The van der Waals surface area contributed by atoms with Gasteiger partial charge < -0.3 is 5.73 Å². The average molecular weight is 168 g/mol. The molecule has 0 fully saturated rings. The van der Waals surface area contributed by atoms with Gasteiger partial charge in [0.25, 0.3) is 0 Å². The number of rotatable bonds is 0. The lowest BCUT2D eigenvalue weighted by molar-refractivity contribution is 1.50.